The van der Waals surface area contributed by atoms with E-state index in [1.807, 2.05) is 36.4 Å². The van der Waals surface area contributed by atoms with E-state index < -0.39 is 15.9 Å². The lowest BCUT2D eigenvalue weighted by molar-refractivity contribution is -0.116. The number of carbonyl (C=O) groups is 1. The van der Waals surface area contributed by atoms with Crippen LogP contribution < -0.4 is 9.62 Å². The fourth-order valence-electron chi connectivity index (χ4n) is 3.48. The van der Waals surface area contributed by atoms with Gasteiger partial charge >= 0.3 is 0 Å². The van der Waals surface area contributed by atoms with Crippen LogP contribution >= 0.6 is 11.6 Å². The molecule has 0 bridgehead atoms. The summed E-state index contributed by atoms with van der Waals surface area (Å²) in [5.74, 6) is -0.657. The number of anilines is 1. The summed E-state index contributed by atoms with van der Waals surface area (Å²) >= 11 is 6.23. The van der Waals surface area contributed by atoms with E-state index in [-0.39, 0.29) is 11.4 Å². The highest BCUT2D eigenvalue weighted by Gasteiger charge is 2.39. The Morgan fingerprint density at radius 3 is 2.27 bits per heavy atom. The number of carbonyl (C=O) groups excluding carboxylic acids is 1. The number of amides is 1. The third-order valence-corrected chi connectivity index (χ3v) is 7.04. The minimum atomic E-state index is -4.07. The standard InChI is InChI=1S/C23H19ClN2O3S/c1-26-20-13-12-18(24)14-19(20)21(17-10-6-3-7-11-17)22(30(26,28)29)23(27)25-15-16-8-4-2-5-9-16/h2-14H,15H2,1H3,(H,25,27). The molecule has 0 saturated heterocycles. The zero-order valence-corrected chi connectivity index (χ0v) is 17.7. The van der Waals surface area contributed by atoms with Crippen molar-refractivity contribution in [2.75, 3.05) is 11.4 Å². The first kappa shape index (κ1) is 20.2. The van der Waals surface area contributed by atoms with Gasteiger partial charge in [-0.1, -0.05) is 72.3 Å². The van der Waals surface area contributed by atoms with Gasteiger partial charge in [-0.15, -0.1) is 0 Å². The van der Waals surface area contributed by atoms with E-state index in [0.29, 0.717) is 27.4 Å². The van der Waals surface area contributed by atoms with Gasteiger partial charge in [0.05, 0.1) is 5.69 Å². The van der Waals surface area contributed by atoms with E-state index in [1.165, 1.54) is 7.05 Å². The monoisotopic (exact) mass is 438 g/mol. The molecule has 0 fully saturated rings. The van der Waals surface area contributed by atoms with Crippen LogP contribution in [0, 0.1) is 0 Å². The number of nitrogens with zero attached hydrogens (tertiary/aromatic N) is 1. The average Bonchev–Trinajstić information content (AvgIpc) is 2.75. The van der Waals surface area contributed by atoms with Gasteiger partial charge in [-0.3, -0.25) is 9.10 Å². The number of nitrogens with one attached hydrogen (secondary N) is 1. The maximum absolute atomic E-state index is 13.4. The number of hydrogen-bond donors (Lipinski definition) is 1. The minimum Gasteiger partial charge on any atom is -0.347 e. The van der Waals surface area contributed by atoms with Crippen LogP contribution in [0.25, 0.3) is 5.57 Å². The first-order valence-electron chi connectivity index (χ1n) is 9.30. The molecule has 4 rings (SSSR count). The van der Waals surface area contributed by atoms with E-state index in [2.05, 4.69) is 5.32 Å². The molecule has 3 aromatic carbocycles. The maximum Gasteiger partial charge on any atom is 0.270 e. The number of benzene rings is 3. The van der Waals surface area contributed by atoms with Crippen LogP contribution in [0.15, 0.2) is 83.8 Å². The van der Waals surface area contributed by atoms with Gasteiger partial charge in [0.25, 0.3) is 15.9 Å². The van der Waals surface area contributed by atoms with Crippen LogP contribution in [-0.4, -0.2) is 21.4 Å². The Balaban J connectivity index is 1.90. The Morgan fingerprint density at radius 1 is 0.967 bits per heavy atom. The Morgan fingerprint density at radius 2 is 1.60 bits per heavy atom. The van der Waals surface area contributed by atoms with Crippen LogP contribution in [0.3, 0.4) is 0 Å². The van der Waals surface area contributed by atoms with Gasteiger partial charge in [-0.2, -0.15) is 0 Å². The van der Waals surface area contributed by atoms with Crippen LogP contribution in [0.5, 0.6) is 0 Å². The Kier molecular flexibility index (Phi) is 5.37. The minimum absolute atomic E-state index is 0.215. The predicted octanol–water partition coefficient (Wildman–Crippen LogP) is 4.20. The summed E-state index contributed by atoms with van der Waals surface area (Å²) in [6.07, 6.45) is 0. The van der Waals surface area contributed by atoms with Crippen LogP contribution in [-0.2, 0) is 21.4 Å². The highest BCUT2D eigenvalue weighted by molar-refractivity contribution is 7.97. The second-order valence-corrected chi connectivity index (χ2v) is 9.21. The molecule has 0 aliphatic carbocycles. The quantitative estimate of drug-likeness (QED) is 0.664. The molecular formula is C23H19ClN2O3S. The molecule has 3 aromatic rings. The molecule has 0 unspecified atom stereocenters. The topological polar surface area (TPSA) is 66.5 Å². The summed E-state index contributed by atoms with van der Waals surface area (Å²) in [6.45, 7) is 0.215. The van der Waals surface area contributed by atoms with Gasteiger partial charge < -0.3 is 5.32 Å². The Hall–Kier alpha value is -3.09. The number of rotatable bonds is 4. The predicted molar refractivity (Wildman–Crippen MR) is 120 cm³/mol. The fraction of sp³-hybridized carbons (Fsp3) is 0.0870. The molecule has 7 heteroatoms. The van der Waals surface area contributed by atoms with Gasteiger partial charge in [0.1, 0.15) is 0 Å². The fourth-order valence-corrected chi connectivity index (χ4v) is 5.14. The molecule has 1 N–H and O–H groups in total. The van der Waals surface area contributed by atoms with Crippen molar-refractivity contribution in [3.63, 3.8) is 0 Å². The van der Waals surface area contributed by atoms with Crippen molar-refractivity contribution in [1.29, 1.82) is 0 Å². The first-order chi connectivity index (χ1) is 14.4. The maximum atomic E-state index is 13.4. The normalized spacial score (nSPS) is 14.9. The van der Waals surface area contributed by atoms with Crippen molar-refractivity contribution in [1.82, 2.24) is 5.32 Å². The van der Waals surface area contributed by atoms with Crippen molar-refractivity contribution in [2.24, 2.45) is 0 Å². The molecule has 0 radical (unpaired) electrons. The largest absolute Gasteiger partial charge is 0.347 e. The number of sulfonamides is 1. The van der Waals surface area contributed by atoms with Crippen LogP contribution in [0.2, 0.25) is 5.02 Å². The van der Waals surface area contributed by atoms with E-state index in [1.54, 1.807) is 42.5 Å². The Labute approximate surface area is 180 Å². The highest BCUT2D eigenvalue weighted by atomic mass is 35.5. The van der Waals surface area contributed by atoms with Crippen molar-refractivity contribution >= 4 is 38.8 Å². The van der Waals surface area contributed by atoms with E-state index in [0.717, 1.165) is 9.87 Å². The molecule has 0 aromatic heterocycles. The Bertz CT molecular complexity index is 1240. The van der Waals surface area contributed by atoms with Gasteiger partial charge in [-0.25, -0.2) is 8.42 Å². The molecule has 0 spiro atoms. The first-order valence-corrected chi connectivity index (χ1v) is 11.1. The van der Waals surface area contributed by atoms with Crippen molar-refractivity contribution < 1.29 is 13.2 Å². The molecule has 1 aliphatic heterocycles. The molecule has 152 valence electrons. The number of hydrogen-bond acceptors (Lipinski definition) is 3. The second kappa shape index (κ2) is 7.97. The molecule has 1 aliphatic rings. The third kappa shape index (κ3) is 3.60. The van der Waals surface area contributed by atoms with Crippen molar-refractivity contribution in [2.45, 2.75) is 6.54 Å². The summed E-state index contributed by atoms with van der Waals surface area (Å²) < 4.78 is 27.9. The third-order valence-electron chi connectivity index (χ3n) is 4.98. The van der Waals surface area contributed by atoms with Gasteiger partial charge in [0, 0.05) is 29.8 Å². The van der Waals surface area contributed by atoms with Crippen molar-refractivity contribution in [3.8, 4) is 0 Å². The molecule has 0 atom stereocenters. The number of fused-ring (bicyclic) bond motifs is 1. The summed E-state index contributed by atoms with van der Waals surface area (Å²) in [7, 11) is -2.63. The molecule has 1 heterocycles. The van der Waals surface area contributed by atoms with Gasteiger partial charge in [0.15, 0.2) is 4.91 Å². The lowest BCUT2D eigenvalue weighted by Crippen LogP contribution is -2.39. The lowest BCUT2D eigenvalue weighted by atomic mass is 9.95. The second-order valence-electron chi connectivity index (χ2n) is 6.87. The summed E-state index contributed by atoms with van der Waals surface area (Å²) in [6, 6.07) is 23.3. The van der Waals surface area contributed by atoms with Crippen LogP contribution in [0.4, 0.5) is 5.69 Å². The van der Waals surface area contributed by atoms with E-state index in [9.17, 15) is 13.2 Å². The zero-order chi connectivity index (χ0) is 21.3. The summed E-state index contributed by atoms with van der Waals surface area (Å²) in [5, 5.41) is 3.21. The molecule has 30 heavy (non-hydrogen) atoms. The molecule has 5 nitrogen and oxygen atoms in total. The summed E-state index contributed by atoms with van der Waals surface area (Å²) in [4.78, 5) is 12.9. The average molecular weight is 439 g/mol. The van der Waals surface area contributed by atoms with Crippen molar-refractivity contribution in [3.05, 3.63) is 105 Å². The van der Waals surface area contributed by atoms with Gasteiger partial charge in [-0.05, 0) is 29.3 Å². The zero-order valence-electron chi connectivity index (χ0n) is 16.2. The highest BCUT2D eigenvalue weighted by Crippen LogP contribution is 2.43. The van der Waals surface area contributed by atoms with E-state index in [4.69, 9.17) is 11.6 Å². The molecular weight excluding hydrogens is 420 g/mol. The molecule has 0 saturated carbocycles. The van der Waals surface area contributed by atoms with E-state index >= 15 is 0 Å². The number of halogens is 1. The van der Waals surface area contributed by atoms with Gasteiger partial charge in [0.2, 0.25) is 0 Å². The smallest absolute Gasteiger partial charge is 0.270 e. The summed E-state index contributed by atoms with van der Waals surface area (Å²) in [5.41, 5.74) is 2.91. The molecule has 1 amide bonds. The van der Waals surface area contributed by atoms with Crippen LogP contribution in [0.1, 0.15) is 16.7 Å². The SMILES string of the molecule is CN1c2ccc(Cl)cc2C(c2ccccc2)=C(C(=O)NCc2ccccc2)S1(=O)=O. The lowest BCUT2D eigenvalue weighted by Gasteiger charge is -2.31.